The lowest BCUT2D eigenvalue weighted by Crippen LogP contribution is -2.48. The Hall–Kier alpha value is -2.74. The summed E-state index contributed by atoms with van der Waals surface area (Å²) in [5.74, 6) is 0.304. The van der Waals surface area contributed by atoms with Crippen LogP contribution in [-0.4, -0.2) is 25.4 Å². The number of hydrogen-bond acceptors (Lipinski definition) is 4. The highest BCUT2D eigenvalue weighted by molar-refractivity contribution is 5.77. The van der Waals surface area contributed by atoms with Crippen molar-refractivity contribution in [2.45, 2.75) is 64.0 Å². The molecule has 1 aliphatic heterocycles. The molecule has 5 nitrogen and oxygen atoms in total. The zero-order valence-corrected chi connectivity index (χ0v) is 18.7. The Morgan fingerprint density at radius 1 is 1.12 bits per heavy atom. The van der Waals surface area contributed by atoms with Gasteiger partial charge in [0.1, 0.15) is 11.5 Å². The van der Waals surface area contributed by atoms with Gasteiger partial charge in [0.25, 0.3) is 0 Å². The largest absolute Gasteiger partial charge is 0.573 e. The fourth-order valence-electron chi connectivity index (χ4n) is 3.86. The van der Waals surface area contributed by atoms with E-state index in [1.54, 1.807) is 13.2 Å². The van der Waals surface area contributed by atoms with Crippen LogP contribution in [0.4, 0.5) is 13.2 Å². The normalized spacial score (nSPS) is 19.4. The van der Waals surface area contributed by atoms with E-state index >= 15 is 0 Å². The molecule has 8 heteroatoms. The SMILES string of the molecule is COc1ccc(C(C)(C)C)cc1CN[C@@H]1CCC(=O)N[C@@H]1c1cccc(OC(F)(F)F)c1. The van der Waals surface area contributed by atoms with E-state index in [0.29, 0.717) is 24.9 Å². The molecule has 1 amide bonds. The molecular formula is C24H29F3N2O3. The molecule has 32 heavy (non-hydrogen) atoms. The van der Waals surface area contributed by atoms with Crippen molar-refractivity contribution in [1.29, 1.82) is 0 Å². The minimum Gasteiger partial charge on any atom is -0.496 e. The van der Waals surface area contributed by atoms with E-state index in [1.165, 1.54) is 23.8 Å². The highest BCUT2D eigenvalue weighted by Crippen LogP contribution is 2.31. The van der Waals surface area contributed by atoms with E-state index in [0.717, 1.165) is 11.3 Å². The van der Waals surface area contributed by atoms with Gasteiger partial charge in [-0.15, -0.1) is 13.2 Å². The summed E-state index contributed by atoms with van der Waals surface area (Å²) in [5.41, 5.74) is 2.67. The first kappa shape index (κ1) is 23.9. The Bertz CT molecular complexity index is 954. The predicted molar refractivity (Wildman–Crippen MR) is 116 cm³/mol. The van der Waals surface area contributed by atoms with E-state index in [1.807, 2.05) is 12.1 Å². The maximum atomic E-state index is 12.6. The quantitative estimate of drug-likeness (QED) is 0.650. The van der Waals surface area contributed by atoms with Crippen molar-refractivity contribution >= 4 is 5.91 Å². The summed E-state index contributed by atoms with van der Waals surface area (Å²) in [6.07, 6.45) is -3.88. The predicted octanol–water partition coefficient (Wildman–Crippen LogP) is 5.00. The van der Waals surface area contributed by atoms with Gasteiger partial charge in [0.2, 0.25) is 5.91 Å². The lowest BCUT2D eigenvalue weighted by molar-refractivity contribution is -0.274. The first-order valence-corrected chi connectivity index (χ1v) is 10.5. The first-order valence-electron chi connectivity index (χ1n) is 10.5. The van der Waals surface area contributed by atoms with Crippen LogP contribution in [0.3, 0.4) is 0 Å². The van der Waals surface area contributed by atoms with E-state index in [4.69, 9.17) is 4.74 Å². The van der Waals surface area contributed by atoms with Crippen LogP contribution in [0.15, 0.2) is 42.5 Å². The highest BCUT2D eigenvalue weighted by Gasteiger charge is 2.33. The summed E-state index contributed by atoms with van der Waals surface area (Å²) in [4.78, 5) is 12.1. The van der Waals surface area contributed by atoms with Crippen LogP contribution < -0.4 is 20.1 Å². The second-order valence-electron chi connectivity index (χ2n) is 8.97. The van der Waals surface area contributed by atoms with Gasteiger partial charge in [-0.2, -0.15) is 0 Å². The summed E-state index contributed by atoms with van der Waals surface area (Å²) < 4.78 is 47.5. The van der Waals surface area contributed by atoms with Gasteiger partial charge in [-0.3, -0.25) is 4.79 Å². The van der Waals surface area contributed by atoms with E-state index in [-0.39, 0.29) is 23.1 Å². The average Bonchev–Trinajstić information content (AvgIpc) is 2.71. The fraction of sp³-hybridized carbons (Fsp3) is 0.458. The van der Waals surface area contributed by atoms with Gasteiger partial charge >= 0.3 is 6.36 Å². The van der Waals surface area contributed by atoms with Gasteiger partial charge in [0, 0.05) is 24.6 Å². The first-order chi connectivity index (χ1) is 15.0. The summed E-state index contributed by atoms with van der Waals surface area (Å²) in [6, 6.07) is 11.2. The zero-order chi connectivity index (χ0) is 23.5. The van der Waals surface area contributed by atoms with Gasteiger partial charge in [-0.1, -0.05) is 45.0 Å². The van der Waals surface area contributed by atoms with Crippen molar-refractivity contribution in [3.8, 4) is 11.5 Å². The second-order valence-corrected chi connectivity index (χ2v) is 8.97. The molecule has 1 saturated heterocycles. The fourth-order valence-corrected chi connectivity index (χ4v) is 3.86. The maximum Gasteiger partial charge on any atom is 0.573 e. The topological polar surface area (TPSA) is 59.6 Å². The molecule has 0 aromatic heterocycles. The second kappa shape index (κ2) is 9.40. The molecule has 0 unspecified atom stereocenters. The van der Waals surface area contributed by atoms with Crippen molar-refractivity contribution in [2.75, 3.05) is 7.11 Å². The molecule has 0 saturated carbocycles. The number of alkyl halides is 3. The van der Waals surface area contributed by atoms with Crippen molar-refractivity contribution in [2.24, 2.45) is 0 Å². The van der Waals surface area contributed by atoms with Gasteiger partial charge in [-0.25, -0.2) is 0 Å². The number of rotatable bonds is 6. The van der Waals surface area contributed by atoms with Gasteiger partial charge in [0.05, 0.1) is 13.2 Å². The molecule has 2 aromatic carbocycles. The maximum absolute atomic E-state index is 12.6. The van der Waals surface area contributed by atoms with Crippen LogP contribution in [0.5, 0.6) is 11.5 Å². The summed E-state index contributed by atoms with van der Waals surface area (Å²) in [7, 11) is 1.62. The molecule has 1 fully saturated rings. The Morgan fingerprint density at radius 3 is 2.53 bits per heavy atom. The molecule has 174 valence electrons. The van der Waals surface area contributed by atoms with Crippen molar-refractivity contribution in [3.63, 3.8) is 0 Å². The number of benzene rings is 2. The monoisotopic (exact) mass is 450 g/mol. The van der Waals surface area contributed by atoms with Crippen LogP contribution in [0, 0.1) is 0 Å². The van der Waals surface area contributed by atoms with Crippen molar-refractivity contribution < 1.29 is 27.4 Å². The number of halogens is 3. The van der Waals surface area contributed by atoms with Crippen LogP contribution in [-0.2, 0) is 16.8 Å². The molecule has 2 N–H and O–H groups in total. The van der Waals surface area contributed by atoms with Crippen molar-refractivity contribution in [1.82, 2.24) is 10.6 Å². The Kier molecular flexibility index (Phi) is 7.03. The molecule has 0 spiro atoms. The summed E-state index contributed by atoms with van der Waals surface area (Å²) in [5, 5.41) is 6.37. The number of amides is 1. The number of ether oxygens (including phenoxy) is 2. The Balaban J connectivity index is 1.81. The van der Waals surface area contributed by atoms with E-state index in [2.05, 4.69) is 42.2 Å². The lowest BCUT2D eigenvalue weighted by atomic mass is 9.86. The minimum absolute atomic E-state index is 0.0265. The standard InChI is InChI=1S/C24H29F3N2O3/c1-23(2,3)17-8-10-20(31-4)16(12-17)14-28-19-9-11-21(30)29-22(19)15-6-5-7-18(13-15)32-24(25,26)27/h5-8,10,12-13,19,22,28H,9,11,14H2,1-4H3,(H,29,30)/t19-,22-/m1/s1. The molecule has 0 bridgehead atoms. The number of methoxy groups -OCH3 is 1. The molecule has 2 atom stereocenters. The van der Waals surface area contributed by atoms with Crippen LogP contribution >= 0.6 is 0 Å². The van der Waals surface area contributed by atoms with E-state index in [9.17, 15) is 18.0 Å². The summed E-state index contributed by atoms with van der Waals surface area (Å²) >= 11 is 0. The number of carbonyl (C=O) groups excluding carboxylic acids is 1. The van der Waals surface area contributed by atoms with Crippen LogP contribution in [0.1, 0.15) is 56.3 Å². The third kappa shape index (κ3) is 6.16. The molecule has 1 aliphatic rings. The molecular weight excluding hydrogens is 421 g/mol. The van der Waals surface area contributed by atoms with Crippen molar-refractivity contribution in [3.05, 3.63) is 59.2 Å². The molecule has 2 aromatic rings. The van der Waals surface area contributed by atoms with Crippen LogP contribution in [0.25, 0.3) is 0 Å². The Morgan fingerprint density at radius 2 is 1.88 bits per heavy atom. The summed E-state index contributed by atoms with van der Waals surface area (Å²) in [6.45, 7) is 6.89. The van der Waals surface area contributed by atoms with Gasteiger partial charge < -0.3 is 20.1 Å². The highest BCUT2D eigenvalue weighted by atomic mass is 19.4. The molecule has 1 heterocycles. The molecule has 0 aliphatic carbocycles. The van der Waals surface area contributed by atoms with Crippen LogP contribution in [0.2, 0.25) is 0 Å². The lowest BCUT2D eigenvalue weighted by Gasteiger charge is -2.34. The third-order valence-corrected chi connectivity index (χ3v) is 5.55. The minimum atomic E-state index is -4.78. The van der Waals surface area contributed by atoms with Gasteiger partial charge in [0.15, 0.2) is 0 Å². The Labute approximate surface area is 186 Å². The number of hydrogen-bond donors (Lipinski definition) is 2. The molecule has 0 radical (unpaired) electrons. The average molecular weight is 451 g/mol. The molecule has 3 rings (SSSR count). The van der Waals surface area contributed by atoms with E-state index < -0.39 is 12.4 Å². The number of nitrogens with one attached hydrogen (secondary N) is 2. The zero-order valence-electron chi connectivity index (χ0n) is 18.7. The third-order valence-electron chi connectivity index (χ3n) is 5.55. The number of piperidine rings is 1. The number of carbonyl (C=O) groups is 1. The smallest absolute Gasteiger partial charge is 0.496 e. The van der Waals surface area contributed by atoms with Gasteiger partial charge in [-0.05, 0) is 41.2 Å².